The zero-order valence-electron chi connectivity index (χ0n) is 17.1. The summed E-state index contributed by atoms with van der Waals surface area (Å²) in [4.78, 5) is 51.1. The van der Waals surface area contributed by atoms with E-state index in [0.29, 0.717) is 41.2 Å². The molecule has 0 radical (unpaired) electrons. The number of ether oxygens (including phenoxy) is 2. The molecule has 0 saturated carbocycles. The molecule has 1 aromatic carbocycles. The summed E-state index contributed by atoms with van der Waals surface area (Å²) in [6, 6.07) is 4.78. The van der Waals surface area contributed by atoms with Gasteiger partial charge in [0.25, 0.3) is 5.56 Å². The minimum absolute atomic E-state index is 0.0254. The lowest BCUT2D eigenvalue weighted by Crippen LogP contribution is -2.38. The van der Waals surface area contributed by atoms with Crippen molar-refractivity contribution in [2.24, 2.45) is 0 Å². The van der Waals surface area contributed by atoms with Gasteiger partial charge in [-0.2, -0.15) is 0 Å². The van der Waals surface area contributed by atoms with Crippen molar-refractivity contribution in [1.29, 1.82) is 0 Å². The van der Waals surface area contributed by atoms with Crippen LogP contribution in [0.5, 0.6) is 11.5 Å². The first-order chi connectivity index (χ1) is 14.4. The third-order valence-corrected chi connectivity index (χ3v) is 5.22. The molecule has 0 bridgehead atoms. The first-order valence-electron chi connectivity index (χ1n) is 9.81. The Morgan fingerprint density at radius 1 is 1.10 bits per heavy atom. The van der Waals surface area contributed by atoms with Crippen molar-refractivity contribution in [3.63, 3.8) is 0 Å². The second-order valence-corrected chi connectivity index (χ2v) is 7.06. The smallest absolute Gasteiger partial charge is 0.328 e. The molecular formula is C21H25N3O6. The SMILES string of the molecule is COc1ccc(C(=O)CNC(=O)CCn2c3c(c(=O)[nH]c2=O)CCCC3)cc1OC. The highest BCUT2D eigenvalue weighted by Crippen LogP contribution is 2.27. The molecule has 2 N–H and O–H groups in total. The van der Waals surface area contributed by atoms with E-state index in [1.165, 1.54) is 18.8 Å². The van der Waals surface area contributed by atoms with E-state index in [1.54, 1.807) is 18.2 Å². The largest absolute Gasteiger partial charge is 0.493 e. The molecule has 9 nitrogen and oxygen atoms in total. The molecule has 0 aliphatic heterocycles. The Bertz CT molecular complexity index is 1070. The van der Waals surface area contributed by atoms with Crippen LogP contribution in [0.15, 0.2) is 27.8 Å². The van der Waals surface area contributed by atoms with Crippen molar-refractivity contribution in [1.82, 2.24) is 14.9 Å². The number of hydrogen-bond acceptors (Lipinski definition) is 6. The van der Waals surface area contributed by atoms with Crippen molar-refractivity contribution in [2.45, 2.75) is 38.6 Å². The monoisotopic (exact) mass is 415 g/mol. The molecule has 1 aromatic heterocycles. The Hall–Kier alpha value is -3.36. The van der Waals surface area contributed by atoms with Gasteiger partial charge in [0, 0.05) is 29.8 Å². The fourth-order valence-electron chi connectivity index (χ4n) is 3.62. The summed E-state index contributed by atoms with van der Waals surface area (Å²) < 4.78 is 11.8. The molecule has 160 valence electrons. The average Bonchev–Trinajstić information content (AvgIpc) is 2.76. The summed E-state index contributed by atoms with van der Waals surface area (Å²) >= 11 is 0. The van der Waals surface area contributed by atoms with Crippen molar-refractivity contribution >= 4 is 11.7 Å². The number of benzene rings is 1. The van der Waals surface area contributed by atoms with E-state index in [0.717, 1.165) is 12.8 Å². The standard InChI is InChI=1S/C21H25N3O6/c1-29-17-8-7-13(11-18(17)30-2)16(25)12-22-19(26)9-10-24-15-6-4-3-5-14(15)20(27)23-21(24)28/h7-8,11H,3-6,9-10,12H2,1-2H3,(H,22,26)(H,23,27,28). The molecule has 3 rings (SSSR count). The third-order valence-electron chi connectivity index (χ3n) is 5.22. The number of methoxy groups -OCH3 is 2. The van der Waals surface area contributed by atoms with Gasteiger partial charge in [0.1, 0.15) is 0 Å². The van der Waals surface area contributed by atoms with Gasteiger partial charge in [0.2, 0.25) is 5.91 Å². The summed E-state index contributed by atoms with van der Waals surface area (Å²) in [6.07, 6.45) is 3.12. The molecule has 2 aromatic rings. The fraction of sp³-hybridized carbons (Fsp3) is 0.429. The Balaban J connectivity index is 1.60. The van der Waals surface area contributed by atoms with Crippen LogP contribution in [0.1, 0.15) is 40.9 Å². The van der Waals surface area contributed by atoms with Crippen LogP contribution < -0.4 is 26.0 Å². The second kappa shape index (κ2) is 9.43. The Morgan fingerprint density at radius 3 is 2.57 bits per heavy atom. The maximum atomic E-state index is 12.4. The molecule has 1 heterocycles. The Morgan fingerprint density at radius 2 is 1.83 bits per heavy atom. The lowest BCUT2D eigenvalue weighted by molar-refractivity contribution is -0.121. The van der Waals surface area contributed by atoms with Gasteiger partial charge in [-0.15, -0.1) is 0 Å². The van der Waals surface area contributed by atoms with E-state index >= 15 is 0 Å². The molecule has 0 atom stereocenters. The molecule has 9 heteroatoms. The summed E-state index contributed by atoms with van der Waals surface area (Å²) in [5, 5.41) is 2.58. The third kappa shape index (κ3) is 4.61. The second-order valence-electron chi connectivity index (χ2n) is 7.06. The average molecular weight is 415 g/mol. The predicted molar refractivity (Wildman–Crippen MR) is 109 cm³/mol. The van der Waals surface area contributed by atoms with Crippen LogP contribution in [0, 0.1) is 0 Å². The van der Waals surface area contributed by atoms with Gasteiger partial charge in [-0.05, 0) is 43.9 Å². The van der Waals surface area contributed by atoms with Crippen LogP contribution in [0.3, 0.4) is 0 Å². The summed E-state index contributed by atoms with van der Waals surface area (Å²) in [5.41, 5.74) is 0.888. The van der Waals surface area contributed by atoms with E-state index in [1.807, 2.05) is 0 Å². The van der Waals surface area contributed by atoms with E-state index in [4.69, 9.17) is 9.47 Å². The van der Waals surface area contributed by atoms with Crippen LogP contribution in [0.25, 0.3) is 0 Å². The number of aromatic nitrogens is 2. The Labute approximate surface area is 173 Å². The predicted octanol–water partition coefficient (Wildman–Crippen LogP) is 0.822. The van der Waals surface area contributed by atoms with Crippen molar-refractivity contribution in [3.05, 3.63) is 55.9 Å². The van der Waals surface area contributed by atoms with E-state index in [-0.39, 0.29) is 36.8 Å². The number of nitrogens with zero attached hydrogens (tertiary/aromatic N) is 1. The van der Waals surface area contributed by atoms with Crippen LogP contribution >= 0.6 is 0 Å². The maximum Gasteiger partial charge on any atom is 0.328 e. The maximum absolute atomic E-state index is 12.4. The number of hydrogen-bond donors (Lipinski definition) is 2. The molecule has 1 aliphatic carbocycles. The van der Waals surface area contributed by atoms with E-state index in [2.05, 4.69) is 10.3 Å². The first-order valence-corrected chi connectivity index (χ1v) is 9.81. The molecule has 0 fully saturated rings. The minimum atomic E-state index is -0.505. The van der Waals surface area contributed by atoms with Crippen molar-refractivity contribution in [2.75, 3.05) is 20.8 Å². The number of rotatable bonds is 8. The lowest BCUT2D eigenvalue weighted by Gasteiger charge is -2.19. The fourth-order valence-corrected chi connectivity index (χ4v) is 3.62. The van der Waals surface area contributed by atoms with Crippen LogP contribution in [0.4, 0.5) is 0 Å². The van der Waals surface area contributed by atoms with Crippen molar-refractivity contribution < 1.29 is 19.1 Å². The normalized spacial score (nSPS) is 12.7. The molecule has 1 aliphatic rings. The van der Waals surface area contributed by atoms with E-state index < -0.39 is 5.69 Å². The number of aromatic amines is 1. The summed E-state index contributed by atoms with van der Waals surface area (Å²) in [6.45, 7) is -0.0265. The minimum Gasteiger partial charge on any atom is -0.493 e. The zero-order chi connectivity index (χ0) is 21.7. The van der Waals surface area contributed by atoms with Gasteiger partial charge >= 0.3 is 5.69 Å². The Kier molecular flexibility index (Phi) is 6.71. The number of nitrogens with one attached hydrogen (secondary N) is 2. The number of ketones is 1. The van der Waals surface area contributed by atoms with E-state index in [9.17, 15) is 19.2 Å². The van der Waals surface area contributed by atoms with Crippen LogP contribution in [0.2, 0.25) is 0 Å². The highest BCUT2D eigenvalue weighted by molar-refractivity contribution is 5.99. The molecule has 0 saturated heterocycles. The highest BCUT2D eigenvalue weighted by atomic mass is 16.5. The number of Topliss-reactive ketones (excluding diaryl/α,β-unsaturated/α-hetero) is 1. The summed E-state index contributed by atoms with van der Waals surface area (Å²) in [5.74, 6) is 0.305. The number of H-pyrrole nitrogens is 1. The summed E-state index contributed by atoms with van der Waals surface area (Å²) in [7, 11) is 2.98. The number of carbonyl (C=O) groups is 2. The first kappa shape index (κ1) is 21.4. The molecule has 1 amide bonds. The molecule has 0 unspecified atom stereocenters. The molecule has 0 spiro atoms. The molecular weight excluding hydrogens is 390 g/mol. The number of amides is 1. The number of carbonyl (C=O) groups excluding carboxylic acids is 2. The van der Waals surface area contributed by atoms with Gasteiger partial charge in [-0.3, -0.25) is 23.9 Å². The van der Waals surface area contributed by atoms with Crippen LogP contribution in [-0.2, 0) is 24.2 Å². The van der Waals surface area contributed by atoms with Gasteiger partial charge < -0.3 is 14.8 Å². The topological polar surface area (TPSA) is 119 Å². The van der Waals surface area contributed by atoms with Crippen LogP contribution in [-0.4, -0.2) is 42.0 Å². The zero-order valence-corrected chi connectivity index (χ0v) is 17.1. The van der Waals surface area contributed by atoms with Gasteiger partial charge in [0.05, 0.1) is 20.8 Å². The van der Waals surface area contributed by atoms with Gasteiger partial charge in [0.15, 0.2) is 17.3 Å². The van der Waals surface area contributed by atoms with Gasteiger partial charge in [-0.1, -0.05) is 0 Å². The number of fused-ring (bicyclic) bond motifs is 1. The van der Waals surface area contributed by atoms with Gasteiger partial charge in [-0.25, -0.2) is 4.79 Å². The highest BCUT2D eigenvalue weighted by Gasteiger charge is 2.19. The molecule has 30 heavy (non-hydrogen) atoms. The van der Waals surface area contributed by atoms with Crippen molar-refractivity contribution in [3.8, 4) is 11.5 Å². The lowest BCUT2D eigenvalue weighted by atomic mass is 9.97. The quantitative estimate of drug-likeness (QED) is 0.616.